The Labute approximate surface area is 103 Å². The number of nitrogens with two attached hydrogens (primary N) is 1. The van der Waals surface area contributed by atoms with Gasteiger partial charge in [-0.2, -0.15) is 17.9 Å². The molecule has 96 valence electrons. The van der Waals surface area contributed by atoms with Crippen LogP contribution in [0.2, 0.25) is 0 Å². The normalized spacial score (nSPS) is 12.6. The van der Waals surface area contributed by atoms with Gasteiger partial charge in [0.25, 0.3) is 10.2 Å². The highest BCUT2D eigenvalue weighted by molar-refractivity contribution is 7.87. The summed E-state index contributed by atoms with van der Waals surface area (Å²) in [5, 5.41) is 0. The van der Waals surface area contributed by atoms with Crippen molar-refractivity contribution < 1.29 is 8.42 Å². The van der Waals surface area contributed by atoms with E-state index in [4.69, 9.17) is 5.73 Å². The largest absolute Gasteiger partial charge is 0.399 e. The third-order valence-corrected chi connectivity index (χ3v) is 3.26. The maximum atomic E-state index is 11.7. The summed E-state index contributed by atoms with van der Waals surface area (Å²) in [5.74, 6) is 0. The molecule has 0 saturated carbocycles. The van der Waals surface area contributed by atoms with Gasteiger partial charge in [0.05, 0.1) is 0 Å². The molecule has 4 N–H and O–H groups in total. The predicted molar refractivity (Wildman–Crippen MR) is 69.5 cm³/mol. The van der Waals surface area contributed by atoms with E-state index < -0.39 is 15.7 Å². The third-order valence-electron chi connectivity index (χ3n) is 1.86. The van der Waals surface area contributed by atoms with Crippen molar-refractivity contribution in [1.82, 2.24) is 9.44 Å². The van der Waals surface area contributed by atoms with Crippen LogP contribution >= 0.6 is 0 Å². The first-order valence-electron chi connectivity index (χ1n) is 5.31. The molecule has 0 aliphatic carbocycles. The number of nitrogens with one attached hydrogen (secondary N) is 2. The van der Waals surface area contributed by atoms with Gasteiger partial charge in [-0.1, -0.05) is 12.1 Å². The van der Waals surface area contributed by atoms with Crippen LogP contribution in [-0.2, 0) is 16.8 Å². The summed E-state index contributed by atoms with van der Waals surface area (Å²) in [7, 11) is -3.49. The van der Waals surface area contributed by atoms with Gasteiger partial charge in [0, 0.05) is 17.8 Å². The molecule has 0 unspecified atom stereocenters. The summed E-state index contributed by atoms with van der Waals surface area (Å²) in [6.45, 7) is 5.57. The molecule has 0 saturated heterocycles. The Kier molecular flexibility index (Phi) is 4.13. The first kappa shape index (κ1) is 14.0. The van der Waals surface area contributed by atoms with E-state index in [2.05, 4.69) is 9.44 Å². The first-order valence-corrected chi connectivity index (χ1v) is 6.79. The van der Waals surface area contributed by atoms with Crippen molar-refractivity contribution in [1.29, 1.82) is 0 Å². The molecule has 0 atom stereocenters. The Morgan fingerprint density at radius 2 is 1.94 bits per heavy atom. The van der Waals surface area contributed by atoms with Gasteiger partial charge < -0.3 is 5.73 Å². The molecular formula is C11H19N3O2S. The summed E-state index contributed by atoms with van der Waals surface area (Å²) in [4.78, 5) is 0. The van der Waals surface area contributed by atoms with Gasteiger partial charge in [-0.15, -0.1) is 0 Å². The van der Waals surface area contributed by atoms with Crippen LogP contribution in [0.3, 0.4) is 0 Å². The van der Waals surface area contributed by atoms with E-state index in [0.717, 1.165) is 5.56 Å². The topological polar surface area (TPSA) is 84.2 Å². The number of hydrogen-bond donors (Lipinski definition) is 3. The molecule has 17 heavy (non-hydrogen) atoms. The average molecular weight is 257 g/mol. The molecule has 0 bridgehead atoms. The standard InChI is InChI=1S/C11H19N3O2S/c1-11(2,3)14-17(15,16)13-8-9-5-4-6-10(12)7-9/h4-7,13-14H,8,12H2,1-3H3. The smallest absolute Gasteiger partial charge is 0.277 e. The Morgan fingerprint density at radius 3 is 2.47 bits per heavy atom. The lowest BCUT2D eigenvalue weighted by molar-refractivity contribution is 0.483. The molecule has 0 fully saturated rings. The van der Waals surface area contributed by atoms with Crippen molar-refractivity contribution >= 4 is 15.9 Å². The minimum absolute atomic E-state index is 0.219. The summed E-state index contributed by atoms with van der Waals surface area (Å²) < 4.78 is 28.3. The van der Waals surface area contributed by atoms with Crippen molar-refractivity contribution in [2.45, 2.75) is 32.9 Å². The van der Waals surface area contributed by atoms with Crippen LogP contribution in [0.5, 0.6) is 0 Å². The van der Waals surface area contributed by atoms with Crippen molar-refractivity contribution in [3.8, 4) is 0 Å². The molecule has 0 spiro atoms. The second kappa shape index (κ2) is 5.03. The fraction of sp³-hybridized carbons (Fsp3) is 0.455. The molecule has 6 heteroatoms. The van der Waals surface area contributed by atoms with Gasteiger partial charge in [-0.05, 0) is 38.5 Å². The number of nitrogen functional groups attached to an aromatic ring is 1. The van der Waals surface area contributed by atoms with E-state index in [9.17, 15) is 8.42 Å². The Bertz CT molecular complexity index is 478. The number of hydrogen-bond acceptors (Lipinski definition) is 3. The number of benzene rings is 1. The molecular weight excluding hydrogens is 238 g/mol. The zero-order valence-corrected chi connectivity index (χ0v) is 11.1. The molecule has 1 aromatic carbocycles. The summed E-state index contributed by atoms with van der Waals surface area (Å²) in [6, 6.07) is 7.09. The molecule has 5 nitrogen and oxygen atoms in total. The number of rotatable bonds is 4. The molecule has 1 aromatic rings. The SMILES string of the molecule is CC(C)(C)NS(=O)(=O)NCc1cccc(N)c1. The van der Waals surface area contributed by atoms with Crippen LogP contribution in [0.1, 0.15) is 26.3 Å². The predicted octanol–water partition coefficient (Wildman–Crippen LogP) is 0.991. The zero-order valence-electron chi connectivity index (χ0n) is 10.3. The summed E-state index contributed by atoms with van der Waals surface area (Å²) in [5.41, 5.74) is 6.55. The van der Waals surface area contributed by atoms with E-state index in [1.807, 2.05) is 6.07 Å². The van der Waals surface area contributed by atoms with E-state index in [-0.39, 0.29) is 6.54 Å². The lowest BCUT2D eigenvalue weighted by atomic mass is 10.1. The average Bonchev–Trinajstić information content (AvgIpc) is 2.11. The van der Waals surface area contributed by atoms with E-state index >= 15 is 0 Å². The highest BCUT2D eigenvalue weighted by Gasteiger charge is 2.18. The Hall–Kier alpha value is -1.11. The van der Waals surface area contributed by atoms with Crippen LogP contribution in [0.25, 0.3) is 0 Å². The zero-order chi connectivity index (χ0) is 13.1. The number of anilines is 1. The van der Waals surface area contributed by atoms with Crippen molar-refractivity contribution in [3.05, 3.63) is 29.8 Å². The van der Waals surface area contributed by atoms with Crippen molar-refractivity contribution in [2.24, 2.45) is 0 Å². The summed E-state index contributed by atoms with van der Waals surface area (Å²) >= 11 is 0. The fourth-order valence-corrected chi connectivity index (χ4v) is 2.56. The minimum atomic E-state index is -3.49. The molecule has 0 aliphatic rings. The Morgan fingerprint density at radius 1 is 1.29 bits per heavy atom. The second-order valence-corrected chi connectivity index (χ2v) is 6.42. The first-order chi connectivity index (χ1) is 7.68. The molecule has 0 amide bonds. The van der Waals surface area contributed by atoms with E-state index in [1.165, 1.54) is 0 Å². The van der Waals surface area contributed by atoms with Crippen molar-refractivity contribution in [2.75, 3.05) is 5.73 Å². The molecule has 0 radical (unpaired) electrons. The van der Waals surface area contributed by atoms with Gasteiger partial charge in [-0.25, -0.2) is 0 Å². The van der Waals surface area contributed by atoms with E-state index in [0.29, 0.717) is 5.69 Å². The van der Waals surface area contributed by atoms with Crippen LogP contribution in [0, 0.1) is 0 Å². The van der Waals surface area contributed by atoms with Crippen LogP contribution in [-0.4, -0.2) is 14.0 Å². The minimum Gasteiger partial charge on any atom is -0.399 e. The van der Waals surface area contributed by atoms with E-state index in [1.54, 1.807) is 39.0 Å². The van der Waals surface area contributed by atoms with Crippen LogP contribution in [0.4, 0.5) is 5.69 Å². The van der Waals surface area contributed by atoms with Gasteiger partial charge in [-0.3, -0.25) is 0 Å². The van der Waals surface area contributed by atoms with Crippen molar-refractivity contribution in [3.63, 3.8) is 0 Å². The molecule has 0 aliphatic heterocycles. The van der Waals surface area contributed by atoms with Crippen LogP contribution < -0.4 is 15.2 Å². The molecule has 0 aromatic heterocycles. The maximum Gasteiger partial charge on any atom is 0.277 e. The van der Waals surface area contributed by atoms with Gasteiger partial charge in [0.15, 0.2) is 0 Å². The lowest BCUT2D eigenvalue weighted by Gasteiger charge is -2.20. The monoisotopic (exact) mass is 257 g/mol. The Balaban J connectivity index is 2.62. The molecule has 1 rings (SSSR count). The van der Waals surface area contributed by atoms with Gasteiger partial charge >= 0.3 is 0 Å². The highest BCUT2D eigenvalue weighted by Crippen LogP contribution is 2.07. The summed E-state index contributed by atoms with van der Waals surface area (Å²) in [6.07, 6.45) is 0. The highest BCUT2D eigenvalue weighted by atomic mass is 32.2. The second-order valence-electron chi connectivity index (χ2n) is 4.92. The van der Waals surface area contributed by atoms with Crippen LogP contribution in [0.15, 0.2) is 24.3 Å². The third kappa shape index (κ3) is 5.67. The lowest BCUT2D eigenvalue weighted by Crippen LogP contribution is -2.46. The molecule has 0 heterocycles. The van der Waals surface area contributed by atoms with Gasteiger partial charge in [0.1, 0.15) is 0 Å². The van der Waals surface area contributed by atoms with Gasteiger partial charge in [0.2, 0.25) is 0 Å². The quantitative estimate of drug-likeness (QED) is 0.703. The fourth-order valence-electron chi connectivity index (χ4n) is 1.32. The maximum absolute atomic E-state index is 11.7.